The zero-order valence-corrected chi connectivity index (χ0v) is 12.0. The Morgan fingerprint density at radius 2 is 2.12 bits per heavy atom. The number of sulfonamides is 1. The van der Waals surface area contributed by atoms with Crippen LogP contribution in [0.3, 0.4) is 0 Å². The van der Waals surface area contributed by atoms with Crippen LogP contribution in [0.2, 0.25) is 0 Å². The Balaban J connectivity index is 2.37. The quantitative estimate of drug-likeness (QED) is 0.727. The largest absolute Gasteiger partial charge is 0.305 e. The van der Waals surface area contributed by atoms with Crippen molar-refractivity contribution < 1.29 is 8.42 Å². The van der Waals surface area contributed by atoms with E-state index in [1.165, 1.54) is 0 Å². The zero-order chi connectivity index (χ0) is 12.9. The lowest BCUT2D eigenvalue weighted by molar-refractivity contribution is 0.404. The summed E-state index contributed by atoms with van der Waals surface area (Å²) < 4.78 is 24.9. The molecule has 0 radical (unpaired) electrons. The molecule has 98 valence electrons. The smallest absolute Gasteiger partial charge is 0.211 e. The molecule has 0 atom stereocenters. The first-order valence-corrected chi connectivity index (χ1v) is 8.03. The summed E-state index contributed by atoms with van der Waals surface area (Å²) in [7, 11) is -3.09. The molecule has 0 aliphatic heterocycles. The number of aromatic nitrogens is 1. The summed E-state index contributed by atoms with van der Waals surface area (Å²) in [4.78, 5) is 4.25. The van der Waals surface area contributed by atoms with Crippen LogP contribution in [0.4, 0.5) is 0 Å². The predicted molar refractivity (Wildman–Crippen MR) is 70.6 cm³/mol. The molecule has 1 rings (SSSR count). The number of hydrogen-bond donors (Lipinski definition) is 2. The summed E-state index contributed by atoms with van der Waals surface area (Å²) in [6.07, 6.45) is 1.77. The van der Waals surface area contributed by atoms with E-state index in [1.807, 2.05) is 19.2 Å². The molecule has 0 unspecified atom stereocenters. The van der Waals surface area contributed by atoms with Gasteiger partial charge in [-0.3, -0.25) is 0 Å². The molecule has 0 aliphatic carbocycles. The van der Waals surface area contributed by atoms with Crippen LogP contribution in [-0.4, -0.2) is 32.2 Å². The maximum absolute atomic E-state index is 11.2. The van der Waals surface area contributed by atoms with E-state index in [0.717, 1.165) is 5.01 Å². The van der Waals surface area contributed by atoms with Gasteiger partial charge < -0.3 is 5.32 Å². The van der Waals surface area contributed by atoms with Gasteiger partial charge in [0.2, 0.25) is 10.0 Å². The average molecular weight is 277 g/mol. The third-order valence-corrected chi connectivity index (χ3v) is 4.86. The van der Waals surface area contributed by atoms with Crippen LogP contribution < -0.4 is 10.0 Å². The molecule has 1 heterocycles. The van der Waals surface area contributed by atoms with Crippen molar-refractivity contribution in [3.05, 3.63) is 16.6 Å². The fraction of sp³-hybridized carbons (Fsp3) is 0.700. The Hall–Kier alpha value is -0.500. The van der Waals surface area contributed by atoms with Crippen molar-refractivity contribution >= 4 is 21.4 Å². The standard InChI is InChI=1S/C10H19N3O2S2/c1-4-17(14,15)13-6-5-12-10(2,3)9-11-7-8-16-9/h7-8,12-13H,4-6H2,1-3H3. The van der Waals surface area contributed by atoms with Gasteiger partial charge in [0.15, 0.2) is 0 Å². The van der Waals surface area contributed by atoms with Crippen LogP contribution in [0.1, 0.15) is 25.8 Å². The number of rotatable bonds is 7. The fourth-order valence-electron chi connectivity index (χ4n) is 1.29. The van der Waals surface area contributed by atoms with E-state index in [2.05, 4.69) is 15.0 Å². The van der Waals surface area contributed by atoms with E-state index in [1.54, 1.807) is 24.5 Å². The van der Waals surface area contributed by atoms with E-state index in [0.29, 0.717) is 13.1 Å². The molecule has 0 spiro atoms. The van der Waals surface area contributed by atoms with Gasteiger partial charge in [-0.05, 0) is 20.8 Å². The summed E-state index contributed by atoms with van der Waals surface area (Å²) in [5.41, 5.74) is -0.230. The lowest BCUT2D eigenvalue weighted by atomic mass is 10.1. The average Bonchev–Trinajstić information content (AvgIpc) is 2.78. The second-order valence-electron chi connectivity index (χ2n) is 4.19. The minimum Gasteiger partial charge on any atom is -0.305 e. The Labute approximate surface area is 107 Å². The van der Waals surface area contributed by atoms with Crippen LogP contribution in [0.15, 0.2) is 11.6 Å². The van der Waals surface area contributed by atoms with E-state index in [9.17, 15) is 8.42 Å². The highest BCUT2D eigenvalue weighted by Crippen LogP contribution is 2.21. The summed E-state index contributed by atoms with van der Waals surface area (Å²) in [5.74, 6) is 0.114. The van der Waals surface area contributed by atoms with E-state index < -0.39 is 10.0 Å². The van der Waals surface area contributed by atoms with E-state index >= 15 is 0 Å². The lowest BCUT2D eigenvalue weighted by Gasteiger charge is -2.23. The summed E-state index contributed by atoms with van der Waals surface area (Å²) in [6, 6.07) is 0. The molecule has 17 heavy (non-hydrogen) atoms. The Morgan fingerprint density at radius 3 is 2.65 bits per heavy atom. The number of hydrogen-bond acceptors (Lipinski definition) is 5. The zero-order valence-electron chi connectivity index (χ0n) is 10.4. The fourth-order valence-corrected chi connectivity index (χ4v) is 2.65. The van der Waals surface area contributed by atoms with Crippen molar-refractivity contribution in [2.24, 2.45) is 0 Å². The Morgan fingerprint density at radius 1 is 1.41 bits per heavy atom. The molecule has 0 aromatic carbocycles. The van der Waals surface area contributed by atoms with Crippen molar-refractivity contribution in [2.45, 2.75) is 26.3 Å². The topological polar surface area (TPSA) is 71.1 Å². The molecule has 7 heteroatoms. The molecule has 0 saturated carbocycles. The molecule has 2 N–H and O–H groups in total. The minimum atomic E-state index is -3.09. The Bertz CT molecular complexity index is 426. The normalized spacial score (nSPS) is 12.9. The summed E-state index contributed by atoms with van der Waals surface area (Å²) in [6.45, 7) is 6.65. The number of nitrogens with one attached hydrogen (secondary N) is 2. The second kappa shape index (κ2) is 5.90. The molecular weight excluding hydrogens is 258 g/mol. The third kappa shape index (κ3) is 4.71. The van der Waals surface area contributed by atoms with Crippen molar-refractivity contribution in [3.8, 4) is 0 Å². The van der Waals surface area contributed by atoms with Crippen LogP contribution in [0, 0.1) is 0 Å². The highest BCUT2D eigenvalue weighted by Gasteiger charge is 2.22. The van der Waals surface area contributed by atoms with Crippen LogP contribution in [0.5, 0.6) is 0 Å². The molecule has 0 amide bonds. The number of nitrogens with zero attached hydrogens (tertiary/aromatic N) is 1. The molecule has 0 saturated heterocycles. The first kappa shape index (κ1) is 14.6. The van der Waals surface area contributed by atoms with E-state index in [4.69, 9.17) is 0 Å². The van der Waals surface area contributed by atoms with Crippen LogP contribution in [0.25, 0.3) is 0 Å². The monoisotopic (exact) mass is 277 g/mol. The molecule has 0 fully saturated rings. The van der Waals surface area contributed by atoms with Gasteiger partial charge in [0.25, 0.3) is 0 Å². The SMILES string of the molecule is CCS(=O)(=O)NCCNC(C)(C)c1nccs1. The minimum absolute atomic E-state index is 0.114. The molecule has 0 aliphatic rings. The maximum Gasteiger partial charge on any atom is 0.211 e. The van der Waals surface area contributed by atoms with Crippen molar-refractivity contribution in [1.29, 1.82) is 0 Å². The van der Waals surface area contributed by atoms with Gasteiger partial charge in [0, 0.05) is 24.7 Å². The van der Waals surface area contributed by atoms with Crippen LogP contribution in [-0.2, 0) is 15.6 Å². The first-order chi connectivity index (χ1) is 7.87. The Kier molecular flexibility index (Phi) is 5.05. The highest BCUT2D eigenvalue weighted by atomic mass is 32.2. The van der Waals surface area contributed by atoms with Gasteiger partial charge in [-0.2, -0.15) is 0 Å². The third-order valence-electron chi connectivity index (χ3n) is 2.36. The highest BCUT2D eigenvalue weighted by molar-refractivity contribution is 7.89. The summed E-state index contributed by atoms with van der Waals surface area (Å²) >= 11 is 1.59. The number of thiazole rings is 1. The van der Waals surface area contributed by atoms with Gasteiger partial charge in [-0.15, -0.1) is 11.3 Å². The molecule has 1 aromatic heterocycles. The van der Waals surface area contributed by atoms with Crippen molar-refractivity contribution in [3.63, 3.8) is 0 Å². The van der Waals surface area contributed by atoms with Gasteiger partial charge >= 0.3 is 0 Å². The molecule has 0 bridgehead atoms. The van der Waals surface area contributed by atoms with Gasteiger partial charge in [0.1, 0.15) is 5.01 Å². The molecular formula is C10H19N3O2S2. The van der Waals surface area contributed by atoms with Crippen molar-refractivity contribution in [1.82, 2.24) is 15.0 Å². The maximum atomic E-state index is 11.2. The molecule has 1 aromatic rings. The first-order valence-electron chi connectivity index (χ1n) is 5.50. The van der Waals surface area contributed by atoms with Gasteiger partial charge in [-0.1, -0.05) is 0 Å². The second-order valence-corrected chi connectivity index (χ2v) is 7.18. The van der Waals surface area contributed by atoms with Crippen molar-refractivity contribution in [2.75, 3.05) is 18.8 Å². The predicted octanol–water partition coefficient (Wildman–Crippen LogP) is 0.907. The summed E-state index contributed by atoms with van der Waals surface area (Å²) in [5, 5.41) is 6.20. The van der Waals surface area contributed by atoms with Crippen LogP contribution >= 0.6 is 11.3 Å². The van der Waals surface area contributed by atoms with E-state index in [-0.39, 0.29) is 11.3 Å². The van der Waals surface area contributed by atoms with Gasteiger partial charge in [0.05, 0.1) is 11.3 Å². The van der Waals surface area contributed by atoms with Gasteiger partial charge in [-0.25, -0.2) is 18.1 Å². The lowest BCUT2D eigenvalue weighted by Crippen LogP contribution is -2.41. The molecule has 5 nitrogen and oxygen atoms in total.